The van der Waals surface area contributed by atoms with Gasteiger partial charge < -0.3 is 14.6 Å². The summed E-state index contributed by atoms with van der Waals surface area (Å²) in [6.07, 6.45) is 7.37. The third-order valence-corrected chi connectivity index (χ3v) is 4.94. The summed E-state index contributed by atoms with van der Waals surface area (Å²) in [6, 6.07) is 15.4. The highest BCUT2D eigenvalue weighted by Crippen LogP contribution is 2.26. The number of benzene rings is 2. The molecule has 0 saturated heterocycles. The number of rotatable bonds is 8. The van der Waals surface area contributed by atoms with E-state index in [2.05, 4.69) is 6.08 Å². The molecule has 1 aliphatic rings. The van der Waals surface area contributed by atoms with E-state index in [0.717, 1.165) is 36.1 Å². The molecule has 0 amide bonds. The van der Waals surface area contributed by atoms with Crippen molar-refractivity contribution in [1.82, 2.24) is 0 Å². The second-order valence-electron chi connectivity index (χ2n) is 6.84. The molecule has 27 heavy (non-hydrogen) atoms. The molecular formula is C23H26O4. The highest BCUT2D eigenvalue weighted by atomic mass is 16.5. The van der Waals surface area contributed by atoms with Gasteiger partial charge in [0.2, 0.25) is 0 Å². The fourth-order valence-corrected chi connectivity index (χ4v) is 3.35. The Balaban J connectivity index is 1.62. The van der Waals surface area contributed by atoms with Gasteiger partial charge in [0, 0.05) is 0 Å². The smallest absolute Gasteiger partial charge is 0.344 e. The monoisotopic (exact) mass is 366 g/mol. The van der Waals surface area contributed by atoms with E-state index < -0.39 is 12.1 Å². The highest BCUT2D eigenvalue weighted by molar-refractivity contribution is 5.73. The Morgan fingerprint density at radius 2 is 1.63 bits per heavy atom. The summed E-state index contributed by atoms with van der Waals surface area (Å²) in [5.41, 5.74) is 3.48. The number of methoxy groups -OCH3 is 1. The first kappa shape index (κ1) is 19.0. The van der Waals surface area contributed by atoms with Gasteiger partial charge in [-0.15, -0.1) is 0 Å². The lowest BCUT2D eigenvalue weighted by Gasteiger charge is -2.18. The normalized spacial score (nSPS) is 14.9. The van der Waals surface area contributed by atoms with Gasteiger partial charge in [-0.05, 0) is 73.9 Å². The Bertz CT molecular complexity index is 775. The number of allylic oxidation sites excluding steroid dienone is 2. The Kier molecular flexibility index (Phi) is 6.53. The minimum atomic E-state index is -0.911. The molecule has 1 N–H and O–H groups in total. The lowest BCUT2D eigenvalue weighted by molar-refractivity contribution is -0.145. The van der Waals surface area contributed by atoms with Gasteiger partial charge >= 0.3 is 5.97 Å². The molecule has 3 rings (SSSR count). The van der Waals surface area contributed by atoms with Crippen LogP contribution in [-0.4, -0.2) is 24.3 Å². The van der Waals surface area contributed by atoms with Crippen molar-refractivity contribution < 1.29 is 19.4 Å². The molecule has 2 aromatic carbocycles. The second kappa shape index (κ2) is 9.26. The second-order valence-corrected chi connectivity index (χ2v) is 6.84. The molecule has 0 aliphatic heterocycles. The van der Waals surface area contributed by atoms with Crippen LogP contribution >= 0.6 is 0 Å². The van der Waals surface area contributed by atoms with Crippen molar-refractivity contribution in [3.8, 4) is 22.6 Å². The third kappa shape index (κ3) is 5.36. The summed E-state index contributed by atoms with van der Waals surface area (Å²) < 4.78 is 10.9. The van der Waals surface area contributed by atoms with Gasteiger partial charge in [0.25, 0.3) is 0 Å². The number of aliphatic carboxylic acids is 1. The quantitative estimate of drug-likeness (QED) is 0.629. The Morgan fingerprint density at radius 1 is 1.00 bits per heavy atom. The lowest BCUT2D eigenvalue weighted by Crippen LogP contribution is -2.27. The van der Waals surface area contributed by atoms with E-state index in [1.807, 2.05) is 48.5 Å². The summed E-state index contributed by atoms with van der Waals surface area (Å²) in [5.74, 6) is 0.485. The van der Waals surface area contributed by atoms with Crippen LogP contribution in [0.4, 0.5) is 0 Å². The molecule has 4 nitrogen and oxygen atoms in total. The molecule has 1 atom stereocenters. The van der Waals surface area contributed by atoms with Gasteiger partial charge in [0.15, 0.2) is 6.10 Å². The number of ether oxygens (including phenoxy) is 2. The van der Waals surface area contributed by atoms with Gasteiger partial charge in [0.05, 0.1) is 7.11 Å². The summed E-state index contributed by atoms with van der Waals surface area (Å²) >= 11 is 0. The van der Waals surface area contributed by atoms with Gasteiger partial charge in [-0.1, -0.05) is 35.9 Å². The fraction of sp³-hybridized carbons (Fsp3) is 0.348. The SMILES string of the molecule is COc1ccc(-c2ccc(OC(CCC3=CCCCC3)C(=O)O)cc2)cc1. The van der Waals surface area contributed by atoms with Crippen molar-refractivity contribution in [3.63, 3.8) is 0 Å². The predicted octanol–water partition coefficient (Wildman–Crippen LogP) is 5.47. The van der Waals surface area contributed by atoms with E-state index in [0.29, 0.717) is 12.2 Å². The number of carboxylic acids is 1. The maximum absolute atomic E-state index is 11.6. The standard InChI is InChI=1S/C23H26O4/c1-26-20-12-8-18(9-13-20)19-10-14-21(15-11-19)27-22(23(24)25)16-7-17-5-3-2-4-6-17/h5,8-15,22H,2-4,6-7,16H2,1H3,(H,24,25). The average molecular weight is 366 g/mol. The minimum Gasteiger partial charge on any atom is -0.497 e. The largest absolute Gasteiger partial charge is 0.497 e. The van der Waals surface area contributed by atoms with Crippen LogP contribution in [-0.2, 0) is 4.79 Å². The average Bonchev–Trinajstić information content (AvgIpc) is 2.72. The molecule has 0 radical (unpaired) electrons. The fourth-order valence-electron chi connectivity index (χ4n) is 3.35. The van der Waals surface area contributed by atoms with Crippen molar-refractivity contribution in [1.29, 1.82) is 0 Å². The van der Waals surface area contributed by atoms with Gasteiger partial charge in [-0.3, -0.25) is 0 Å². The van der Waals surface area contributed by atoms with Crippen LogP contribution < -0.4 is 9.47 Å². The molecule has 2 aromatic rings. The zero-order valence-corrected chi connectivity index (χ0v) is 15.7. The molecule has 0 spiro atoms. The zero-order chi connectivity index (χ0) is 19.1. The first-order chi connectivity index (χ1) is 13.2. The van der Waals surface area contributed by atoms with E-state index in [-0.39, 0.29) is 0 Å². The van der Waals surface area contributed by atoms with Crippen molar-refractivity contribution in [2.24, 2.45) is 0 Å². The lowest BCUT2D eigenvalue weighted by atomic mass is 9.95. The van der Waals surface area contributed by atoms with E-state index >= 15 is 0 Å². The first-order valence-corrected chi connectivity index (χ1v) is 9.47. The zero-order valence-electron chi connectivity index (χ0n) is 15.7. The Labute approximate surface area is 160 Å². The molecule has 142 valence electrons. The number of carboxylic acid groups (broad SMARTS) is 1. The van der Waals surface area contributed by atoms with Crippen LogP contribution in [0.2, 0.25) is 0 Å². The molecule has 0 aromatic heterocycles. The van der Waals surface area contributed by atoms with E-state index in [9.17, 15) is 9.90 Å². The van der Waals surface area contributed by atoms with Gasteiger partial charge in [-0.25, -0.2) is 4.79 Å². The third-order valence-electron chi connectivity index (χ3n) is 4.94. The molecule has 0 fully saturated rings. The summed E-state index contributed by atoms with van der Waals surface area (Å²) in [5, 5.41) is 9.49. The summed E-state index contributed by atoms with van der Waals surface area (Å²) in [7, 11) is 1.64. The number of hydrogen-bond acceptors (Lipinski definition) is 3. The van der Waals surface area contributed by atoms with E-state index in [4.69, 9.17) is 9.47 Å². The number of hydrogen-bond donors (Lipinski definition) is 1. The molecule has 1 unspecified atom stereocenters. The van der Waals surface area contributed by atoms with Crippen LogP contribution in [0.1, 0.15) is 38.5 Å². The van der Waals surface area contributed by atoms with Crippen LogP contribution in [0.15, 0.2) is 60.2 Å². The molecule has 0 heterocycles. The van der Waals surface area contributed by atoms with Crippen molar-refractivity contribution in [3.05, 3.63) is 60.2 Å². The first-order valence-electron chi connectivity index (χ1n) is 9.47. The van der Waals surface area contributed by atoms with Gasteiger partial charge in [0.1, 0.15) is 11.5 Å². The van der Waals surface area contributed by atoms with Crippen LogP contribution in [0, 0.1) is 0 Å². The highest BCUT2D eigenvalue weighted by Gasteiger charge is 2.20. The maximum Gasteiger partial charge on any atom is 0.344 e. The van der Waals surface area contributed by atoms with Crippen molar-refractivity contribution >= 4 is 5.97 Å². The maximum atomic E-state index is 11.6. The predicted molar refractivity (Wildman–Crippen MR) is 106 cm³/mol. The topological polar surface area (TPSA) is 55.8 Å². The van der Waals surface area contributed by atoms with Crippen molar-refractivity contribution in [2.75, 3.05) is 7.11 Å². The Morgan fingerprint density at radius 3 is 2.15 bits per heavy atom. The van der Waals surface area contributed by atoms with Crippen molar-refractivity contribution in [2.45, 2.75) is 44.6 Å². The summed E-state index contributed by atoms with van der Waals surface area (Å²) in [4.78, 5) is 11.6. The van der Waals surface area contributed by atoms with E-state index in [1.165, 1.54) is 18.4 Å². The Hall–Kier alpha value is -2.75. The molecule has 1 aliphatic carbocycles. The van der Waals surface area contributed by atoms with E-state index in [1.54, 1.807) is 7.11 Å². The number of carbonyl (C=O) groups is 1. The molecular weight excluding hydrogens is 340 g/mol. The molecule has 0 saturated carbocycles. The van der Waals surface area contributed by atoms with Crippen LogP contribution in [0.25, 0.3) is 11.1 Å². The van der Waals surface area contributed by atoms with Crippen LogP contribution in [0.5, 0.6) is 11.5 Å². The molecule has 0 bridgehead atoms. The van der Waals surface area contributed by atoms with Gasteiger partial charge in [-0.2, -0.15) is 0 Å². The summed E-state index contributed by atoms with van der Waals surface area (Å²) in [6.45, 7) is 0. The molecule has 4 heteroatoms. The minimum absolute atomic E-state index is 0.501. The van der Waals surface area contributed by atoms with Crippen LogP contribution in [0.3, 0.4) is 0 Å².